The molecule has 0 saturated carbocycles. The Bertz CT molecular complexity index is 744. The van der Waals surface area contributed by atoms with Gasteiger partial charge in [0.05, 0.1) is 7.11 Å². The molecule has 25 heavy (non-hydrogen) atoms. The van der Waals surface area contributed by atoms with Crippen LogP contribution in [0.1, 0.15) is 0 Å². The van der Waals surface area contributed by atoms with Gasteiger partial charge in [-0.3, -0.25) is 0 Å². The van der Waals surface area contributed by atoms with Crippen LogP contribution < -0.4 is 26.0 Å². The number of ether oxygens (including phenoxy) is 1. The molecule has 0 heterocycles. The van der Waals surface area contributed by atoms with Gasteiger partial charge in [0, 0.05) is 29.7 Å². The Morgan fingerprint density at radius 3 is 2.16 bits per heavy atom. The summed E-state index contributed by atoms with van der Waals surface area (Å²) in [6.45, 7) is 3.91. The van der Waals surface area contributed by atoms with Gasteiger partial charge in [0.15, 0.2) is 0 Å². The van der Waals surface area contributed by atoms with Crippen LogP contribution in [0.4, 0.5) is 26.7 Å². The Balaban J connectivity index is 1.88. The van der Waals surface area contributed by atoms with Crippen molar-refractivity contribution in [2.24, 2.45) is 0 Å². The predicted molar refractivity (Wildman–Crippen MR) is 99.3 cm³/mol. The Hall–Kier alpha value is -3.48. The zero-order chi connectivity index (χ0) is 18.1. The van der Waals surface area contributed by atoms with E-state index in [0.29, 0.717) is 29.4 Å². The number of methoxy groups -OCH3 is 1. The minimum atomic E-state index is -0.377. The molecule has 0 radical (unpaired) electrons. The van der Waals surface area contributed by atoms with E-state index in [1.165, 1.54) is 0 Å². The quantitative estimate of drug-likeness (QED) is 0.605. The van der Waals surface area contributed by atoms with Crippen molar-refractivity contribution in [3.8, 4) is 5.75 Å². The monoisotopic (exact) mass is 340 g/mol. The van der Waals surface area contributed by atoms with E-state index in [-0.39, 0.29) is 12.1 Å². The number of urea groups is 2. The van der Waals surface area contributed by atoms with Crippen LogP contribution in [-0.2, 0) is 0 Å². The molecule has 0 aliphatic rings. The number of hydrogen-bond donors (Lipinski definition) is 4. The smallest absolute Gasteiger partial charge is 0.323 e. The molecular weight excluding hydrogens is 320 g/mol. The predicted octanol–water partition coefficient (Wildman–Crippen LogP) is 3.65. The second kappa shape index (κ2) is 8.97. The topological polar surface area (TPSA) is 91.5 Å². The first-order valence-electron chi connectivity index (χ1n) is 7.58. The summed E-state index contributed by atoms with van der Waals surface area (Å²) in [5.41, 5.74) is 1.83. The molecule has 0 saturated heterocycles. The van der Waals surface area contributed by atoms with Gasteiger partial charge in [-0.1, -0.05) is 12.1 Å². The van der Waals surface area contributed by atoms with Crippen molar-refractivity contribution in [2.75, 3.05) is 29.6 Å². The highest BCUT2D eigenvalue weighted by Crippen LogP contribution is 2.18. The summed E-state index contributed by atoms with van der Waals surface area (Å²) < 4.78 is 5.11. The fraction of sp³-hybridized carbons (Fsp3) is 0.111. The molecule has 0 aliphatic heterocycles. The summed E-state index contributed by atoms with van der Waals surface area (Å²) in [4.78, 5) is 23.5. The third-order valence-electron chi connectivity index (χ3n) is 3.14. The highest BCUT2D eigenvalue weighted by atomic mass is 16.5. The third-order valence-corrected chi connectivity index (χ3v) is 3.14. The van der Waals surface area contributed by atoms with Gasteiger partial charge in [0.2, 0.25) is 0 Å². The van der Waals surface area contributed by atoms with Crippen LogP contribution in [0.5, 0.6) is 5.75 Å². The molecule has 0 atom stereocenters. The summed E-state index contributed by atoms with van der Waals surface area (Å²) >= 11 is 0. The molecule has 4 N–H and O–H groups in total. The lowest BCUT2D eigenvalue weighted by Gasteiger charge is -2.10. The first kappa shape index (κ1) is 17.9. The van der Waals surface area contributed by atoms with E-state index in [0.717, 1.165) is 0 Å². The lowest BCUT2D eigenvalue weighted by atomic mass is 10.3. The number of carbonyl (C=O) groups is 2. The summed E-state index contributed by atoms with van der Waals surface area (Å²) in [6.07, 6.45) is 1.59. The van der Waals surface area contributed by atoms with Gasteiger partial charge < -0.3 is 26.0 Å². The zero-order valence-corrected chi connectivity index (χ0v) is 13.8. The number of amides is 4. The van der Waals surface area contributed by atoms with Crippen molar-refractivity contribution in [1.29, 1.82) is 0 Å². The normalized spacial score (nSPS) is 9.64. The third kappa shape index (κ3) is 5.91. The first-order chi connectivity index (χ1) is 12.1. The number of nitrogens with one attached hydrogen (secondary N) is 4. The summed E-state index contributed by atoms with van der Waals surface area (Å²) in [7, 11) is 1.56. The fourth-order valence-corrected chi connectivity index (χ4v) is 1.97. The van der Waals surface area contributed by atoms with Crippen molar-refractivity contribution in [2.45, 2.75) is 0 Å². The van der Waals surface area contributed by atoms with Gasteiger partial charge in [0.1, 0.15) is 5.75 Å². The number of hydrogen-bond acceptors (Lipinski definition) is 3. The van der Waals surface area contributed by atoms with Crippen molar-refractivity contribution >= 4 is 29.1 Å². The van der Waals surface area contributed by atoms with E-state index in [2.05, 4.69) is 27.8 Å². The maximum atomic E-state index is 12.0. The number of benzene rings is 2. The average Bonchev–Trinajstić information content (AvgIpc) is 2.61. The largest absolute Gasteiger partial charge is 0.497 e. The Labute approximate surface area is 146 Å². The molecule has 130 valence electrons. The van der Waals surface area contributed by atoms with Gasteiger partial charge >= 0.3 is 12.1 Å². The van der Waals surface area contributed by atoms with Gasteiger partial charge in [-0.25, -0.2) is 9.59 Å². The molecule has 0 aliphatic carbocycles. The standard InChI is InChI=1S/C18H20N4O3/c1-3-11-19-17(23)20-13-7-9-14(10-8-13)21-18(24)22-15-5-4-6-16(12-15)25-2/h3-10,12H,1,11H2,2H3,(H2,19,20,23)(H2,21,22,24). The fourth-order valence-electron chi connectivity index (χ4n) is 1.97. The van der Waals surface area contributed by atoms with E-state index in [4.69, 9.17) is 4.74 Å². The molecule has 4 amide bonds. The summed E-state index contributed by atoms with van der Waals surface area (Å²) in [5, 5.41) is 10.7. The van der Waals surface area contributed by atoms with Crippen LogP contribution in [0.2, 0.25) is 0 Å². The summed E-state index contributed by atoms with van der Waals surface area (Å²) in [5.74, 6) is 0.656. The minimum absolute atomic E-state index is 0.323. The first-order valence-corrected chi connectivity index (χ1v) is 7.58. The highest BCUT2D eigenvalue weighted by Gasteiger charge is 2.05. The van der Waals surface area contributed by atoms with Crippen molar-refractivity contribution in [3.63, 3.8) is 0 Å². The molecule has 0 fully saturated rings. The van der Waals surface area contributed by atoms with Crippen LogP contribution in [0.15, 0.2) is 61.2 Å². The Kier molecular flexibility index (Phi) is 6.41. The lowest BCUT2D eigenvalue weighted by molar-refractivity contribution is 0.253. The van der Waals surface area contributed by atoms with E-state index < -0.39 is 0 Å². The average molecular weight is 340 g/mol. The molecule has 0 bridgehead atoms. The van der Waals surface area contributed by atoms with Crippen molar-refractivity contribution < 1.29 is 14.3 Å². The van der Waals surface area contributed by atoms with Crippen LogP contribution in [0.25, 0.3) is 0 Å². The minimum Gasteiger partial charge on any atom is -0.497 e. The number of anilines is 3. The second-order valence-electron chi connectivity index (χ2n) is 5.01. The Morgan fingerprint density at radius 1 is 0.960 bits per heavy atom. The summed E-state index contributed by atoms with van der Waals surface area (Å²) in [6, 6.07) is 13.1. The molecule has 2 rings (SSSR count). The van der Waals surface area contributed by atoms with Gasteiger partial charge in [-0.05, 0) is 36.4 Å². The maximum absolute atomic E-state index is 12.0. The molecule has 7 nitrogen and oxygen atoms in total. The molecule has 0 unspecified atom stereocenters. The number of carbonyl (C=O) groups excluding carboxylic acids is 2. The maximum Gasteiger partial charge on any atom is 0.323 e. The molecule has 0 spiro atoms. The van der Waals surface area contributed by atoms with Crippen LogP contribution >= 0.6 is 0 Å². The van der Waals surface area contributed by atoms with Crippen LogP contribution in [-0.4, -0.2) is 25.7 Å². The van der Waals surface area contributed by atoms with Crippen LogP contribution in [0.3, 0.4) is 0 Å². The van der Waals surface area contributed by atoms with Gasteiger partial charge in [-0.15, -0.1) is 6.58 Å². The highest BCUT2D eigenvalue weighted by molar-refractivity contribution is 6.00. The van der Waals surface area contributed by atoms with Crippen molar-refractivity contribution in [3.05, 3.63) is 61.2 Å². The lowest BCUT2D eigenvalue weighted by Crippen LogP contribution is -2.28. The molecule has 0 aromatic heterocycles. The van der Waals surface area contributed by atoms with E-state index in [9.17, 15) is 9.59 Å². The SMILES string of the molecule is C=CCNC(=O)Nc1ccc(NC(=O)Nc2cccc(OC)c2)cc1. The van der Waals surface area contributed by atoms with E-state index in [1.54, 1.807) is 61.7 Å². The van der Waals surface area contributed by atoms with E-state index in [1.807, 2.05) is 0 Å². The Morgan fingerprint density at radius 2 is 1.56 bits per heavy atom. The molecule has 2 aromatic rings. The van der Waals surface area contributed by atoms with Gasteiger partial charge in [0.25, 0.3) is 0 Å². The van der Waals surface area contributed by atoms with Gasteiger partial charge in [-0.2, -0.15) is 0 Å². The molecule has 2 aromatic carbocycles. The molecule has 7 heteroatoms. The molecular formula is C18H20N4O3. The second-order valence-corrected chi connectivity index (χ2v) is 5.01. The van der Waals surface area contributed by atoms with E-state index >= 15 is 0 Å². The van der Waals surface area contributed by atoms with Crippen molar-refractivity contribution in [1.82, 2.24) is 5.32 Å². The zero-order valence-electron chi connectivity index (χ0n) is 13.8. The number of rotatable bonds is 6. The van der Waals surface area contributed by atoms with Crippen LogP contribution in [0, 0.1) is 0 Å².